The lowest BCUT2D eigenvalue weighted by Crippen LogP contribution is -2.30. The van der Waals surface area contributed by atoms with Crippen molar-refractivity contribution in [1.82, 2.24) is 20.3 Å². The second kappa shape index (κ2) is 12.0. The van der Waals surface area contributed by atoms with Crippen molar-refractivity contribution < 1.29 is 27.3 Å². The Morgan fingerprint density at radius 2 is 1.95 bits per heavy atom. The molecule has 1 aromatic carbocycles. The van der Waals surface area contributed by atoms with E-state index in [1.807, 2.05) is 29.2 Å². The van der Waals surface area contributed by atoms with E-state index in [0.29, 0.717) is 41.7 Å². The molecule has 218 valence electrons. The number of aromatic nitrogens is 3. The number of amides is 1. The third-order valence-electron chi connectivity index (χ3n) is 7.08. The molecule has 0 saturated heterocycles. The molecule has 3 aromatic heterocycles. The largest absolute Gasteiger partial charge is 0.489 e. The number of carbonyl (C=O) groups is 1. The molecule has 7 rings (SSSR count). The summed E-state index contributed by atoms with van der Waals surface area (Å²) in [7, 11) is -2.14. The maximum atomic E-state index is 14.6. The number of benzene rings is 1. The second-order valence-corrected chi connectivity index (χ2v) is 11.9. The molecule has 42 heavy (non-hydrogen) atoms. The lowest BCUT2D eigenvalue weighted by Gasteiger charge is -2.29. The van der Waals surface area contributed by atoms with E-state index in [9.17, 15) is 17.8 Å². The smallest absolute Gasteiger partial charge is 0.251 e. The Morgan fingerprint density at radius 3 is 2.76 bits per heavy atom. The molecule has 2 atom stereocenters. The van der Waals surface area contributed by atoms with Crippen molar-refractivity contribution in [2.24, 2.45) is 5.92 Å². The predicted octanol–water partition coefficient (Wildman–Crippen LogP) is 5.23. The summed E-state index contributed by atoms with van der Waals surface area (Å²) < 4.78 is 52.0. The van der Waals surface area contributed by atoms with E-state index in [1.54, 1.807) is 18.5 Å². The fraction of sp³-hybridized carbons (Fsp3) is 0.333. The Morgan fingerprint density at radius 1 is 1.12 bits per heavy atom. The molecular weight excluding hydrogens is 564 g/mol. The first-order chi connectivity index (χ1) is 20.4. The molecule has 9 nitrogen and oxygen atoms in total. The van der Waals surface area contributed by atoms with Crippen molar-refractivity contribution in [2.75, 3.05) is 24.7 Å². The Balaban J connectivity index is 0.000000729. The van der Waals surface area contributed by atoms with E-state index < -0.39 is 28.0 Å². The van der Waals surface area contributed by atoms with Crippen LogP contribution in [0.4, 0.5) is 20.4 Å². The van der Waals surface area contributed by atoms with Gasteiger partial charge in [0, 0.05) is 29.8 Å². The number of halogens is 2. The molecule has 1 saturated carbocycles. The van der Waals surface area contributed by atoms with Gasteiger partial charge in [-0.3, -0.25) is 14.0 Å². The zero-order valence-corrected chi connectivity index (χ0v) is 23.7. The number of hydrogen-bond acceptors (Lipinski definition) is 8. The number of fused-ring (bicyclic) bond motifs is 3. The van der Waals surface area contributed by atoms with Crippen LogP contribution in [0.2, 0.25) is 0 Å². The standard InChI is InChI=1S/C26H21F2N5O4S.C4H8/c27-18-10-16(11-21-24(18)37-8-5-22(28)38(21)35)26(34)31-14-17-12-19-15(13-30-17)3-4-23(32-19)33-7-9-36-20-2-1-6-29-25(20)33;1-4-2-3-4/h1-4,6,10-13,22H,5,7-9,14H2,(H,31,34);4H,2-3H2,1H3. The number of ether oxygens (including phenoxy) is 2. The molecule has 2 unspecified atom stereocenters. The third kappa shape index (κ3) is 6.03. The minimum atomic E-state index is -2.14. The molecule has 4 aromatic rings. The van der Waals surface area contributed by atoms with Gasteiger partial charge in [-0.05, 0) is 48.4 Å². The molecule has 1 N–H and O–H groups in total. The summed E-state index contributed by atoms with van der Waals surface area (Å²) in [5.74, 6) is 1.38. The van der Waals surface area contributed by atoms with Gasteiger partial charge in [0.25, 0.3) is 5.91 Å². The van der Waals surface area contributed by atoms with Gasteiger partial charge in [-0.2, -0.15) is 0 Å². The molecule has 1 aliphatic carbocycles. The second-order valence-electron chi connectivity index (χ2n) is 10.4. The van der Waals surface area contributed by atoms with Crippen LogP contribution in [-0.2, 0) is 17.3 Å². The van der Waals surface area contributed by atoms with Gasteiger partial charge in [-0.25, -0.2) is 18.7 Å². The molecule has 3 aliphatic rings. The average Bonchev–Trinajstić information content (AvgIpc) is 3.82. The zero-order chi connectivity index (χ0) is 29.2. The van der Waals surface area contributed by atoms with Crippen LogP contribution in [0.15, 0.2) is 59.8 Å². The number of alkyl halides is 1. The highest BCUT2D eigenvalue weighted by Gasteiger charge is 2.29. The van der Waals surface area contributed by atoms with Crippen molar-refractivity contribution in [3.8, 4) is 11.5 Å². The summed E-state index contributed by atoms with van der Waals surface area (Å²) in [6.07, 6.45) is 6.20. The van der Waals surface area contributed by atoms with Gasteiger partial charge in [0.1, 0.15) is 12.4 Å². The number of nitrogens with zero attached hydrogens (tertiary/aromatic N) is 4. The van der Waals surface area contributed by atoms with Gasteiger partial charge in [0.05, 0.1) is 46.6 Å². The number of hydrogen-bond donors (Lipinski definition) is 1. The number of carbonyl (C=O) groups excluding carboxylic acids is 1. The van der Waals surface area contributed by atoms with E-state index in [-0.39, 0.29) is 35.8 Å². The topological polar surface area (TPSA) is 107 Å². The van der Waals surface area contributed by atoms with Gasteiger partial charge >= 0.3 is 0 Å². The Kier molecular flexibility index (Phi) is 7.96. The first-order valence-corrected chi connectivity index (χ1v) is 15.0. The summed E-state index contributed by atoms with van der Waals surface area (Å²) >= 11 is 0. The van der Waals surface area contributed by atoms with E-state index in [4.69, 9.17) is 14.5 Å². The first-order valence-electron chi connectivity index (χ1n) is 13.8. The lowest BCUT2D eigenvalue weighted by atomic mass is 10.2. The van der Waals surface area contributed by atoms with Crippen molar-refractivity contribution in [2.45, 2.75) is 43.1 Å². The number of rotatable bonds is 4. The van der Waals surface area contributed by atoms with Crippen LogP contribution in [0, 0.1) is 11.7 Å². The number of nitrogens with one attached hydrogen (secondary N) is 1. The summed E-state index contributed by atoms with van der Waals surface area (Å²) in [6.45, 7) is 3.31. The van der Waals surface area contributed by atoms with Crippen LogP contribution in [0.25, 0.3) is 10.9 Å². The Bertz CT molecular complexity index is 1670. The first kappa shape index (κ1) is 28.0. The maximum absolute atomic E-state index is 14.6. The highest BCUT2D eigenvalue weighted by molar-refractivity contribution is 7.85. The van der Waals surface area contributed by atoms with E-state index in [1.165, 1.54) is 18.9 Å². The molecule has 0 radical (unpaired) electrons. The van der Waals surface area contributed by atoms with Gasteiger partial charge in [0.2, 0.25) is 0 Å². The Hall–Kier alpha value is -4.19. The van der Waals surface area contributed by atoms with Crippen LogP contribution in [0.3, 0.4) is 0 Å². The third-order valence-corrected chi connectivity index (χ3v) is 8.52. The Labute approximate surface area is 243 Å². The SMILES string of the molecule is CC1CC1.O=C(NCc1cc2nc(N3CCOc4cccnc43)ccc2cn1)c1cc(F)c2c(c1)S(=O)C(F)CCO2. The molecule has 1 amide bonds. The minimum absolute atomic E-state index is 0.0344. The summed E-state index contributed by atoms with van der Waals surface area (Å²) in [4.78, 5) is 28.2. The molecule has 2 aliphatic heterocycles. The maximum Gasteiger partial charge on any atom is 0.251 e. The average molecular weight is 594 g/mol. The van der Waals surface area contributed by atoms with Crippen LogP contribution in [-0.4, -0.2) is 50.3 Å². The van der Waals surface area contributed by atoms with Crippen molar-refractivity contribution in [3.63, 3.8) is 0 Å². The van der Waals surface area contributed by atoms with Crippen LogP contribution < -0.4 is 19.7 Å². The highest BCUT2D eigenvalue weighted by atomic mass is 32.2. The van der Waals surface area contributed by atoms with Crippen molar-refractivity contribution in [1.29, 1.82) is 0 Å². The molecular formula is C30H29F2N5O4S. The van der Waals surface area contributed by atoms with E-state index in [2.05, 4.69) is 22.2 Å². The predicted molar refractivity (Wildman–Crippen MR) is 154 cm³/mol. The lowest BCUT2D eigenvalue weighted by molar-refractivity contribution is 0.0949. The van der Waals surface area contributed by atoms with Gasteiger partial charge in [-0.1, -0.05) is 19.8 Å². The van der Waals surface area contributed by atoms with Gasteiger partial charge in [0.15, 0.2) is 28.6 Å². The van der Waals surface area contributed by atoms with Crippen LogP contribution in [0.1, 0.15) is 42.2 Å². The summed E-state index contributed by atoms with van der Waals surface area (Å²) in [5, 5.41) is 3.49. The monoisotopic (exact) mass is 593 g/mol. The van der Waals surface area contributed by atoms with Gasteiger partial charge < -0.3 is 19.7 Å². The minimum Gasteiger partial charge on any atom is -0.489 e. The normalized spacial score (nSPS) is 19.3. The van der Waals surface area contributed by atoms with Crippen molar-refractivity contribution in [3.05, 3.63) is 71.9 Å². The molecule has 0 spiro atoms. The highest BCUT2D eigenvalue weighted by Crippen LogP contribution is 2.35. The number of anilines is 2. The number of pyridine rings is 3. The molecule has 5 heterocycles. The fourth-order valence-corrected chi connectivity index (χ4v) is 5.66. The van der Waals surface area contributed by atoms with E-state index in [0.717, 1.165) is 17.4 Å². The van der Waals surface area contributed by atoms with Crippen LogP contribution in [0.5, 0.6) is 11.5 Å². The van der Waals surface area contributed by atoms with E-state index >= 15 is 0 Å². The zero-order valence-electron chi connectivity index (χ0n) is 22.9. The van der Waals surface area contributed by atoms with Crippen molar-refractivity contribution >= 4 is 39.2 Å². The quantitative estimate of drug-likeness (QED) is 0.343. The van der Waals surface area contributed by atoms with Crippen LogP contribution >= 0.6 is 0 Å². The summed E-state index contributed by atoms with van der Waals surface area (Å²) in [5.41, 5.74) is -0.591. The molecule has 12 heteroatoms. The fourth-order valence-electron chi connectivity index (χ4n) is 4.49. The molecule has 0 bridgehead atoms. The molecule has 1 fully saturated rings. The summed E-state index contributed by atoms with van der Waals surface area (Å²) in [6, 6.07) is 11.4. The van der Waals surface area contributed by atoms with Gasteiger partial charge in [-0.15, -0.1) is 0 Å².